The van der Waals surface area contributed by atoms with Gasteiger partial charge in [-0.1, -0.05) is 24.8 Å². The van der Waals surface area contributed by atoms with Gasteiger partial charge in [-0.25, -0.2) is 0 Å². The first-order valence-corrected chi connectivity index (χ1v) is 4.43. The number of nitrogens with zero attached hydrogens (tertiary/aromatic N) is 1. The van der Waals surface area contributed by atoms with Gasteiger partial charge < -0.3 is 9.64 Å². The minimum Gasteiger partial charge on any atom is -0.378 e. The first-order chi connectivity index (χ1) is 6.13. The zero-order valence-corrected chi connectivity index (χ0v) is 8.42. The minimum absolute atomic E-state index is 0.384. The average Bonchev–Trinajstić information content (AvgIpc) is 1.99. The summed E-state index contributed by atoms with van der Waals surface area (Å²) < 4.78 is 5.17. The maximum absolute atomic E-state index is 5.17. The van der Waals surface area contributed by atoms with Gasteiger partial charge in [-0.05, 0) is 13.0 Å². The lowest BCUT2D eigenvalue weighted by atomic mass is 10.1. The molecule has 72 valence electrons. The van der Waals surface area contributed by atoms with Crippen molar-refractivity contribution < 1.29 is 4.74 Å². The van der Waals surface area contributed by atoms with Gasteiger partial charge in [-0.15, -0.1) is 0 Å². The van der Waals surface area contributed by atoms with Gasteiger partial charge in [0.15, 0.2) is 0 Å². The number of hydrogen-bond donors (Lipinski definition) is 0. The van der Waals surface area contributed by atoms with Gasteiger partial charge in [0.05, 0.1) is 6.10 Å². The number of likely N-dealkylation sites (tertiary alicyclic amines) is 1. The molecule has 2 heteroatoms. The molecule has 13 heavy (non-hydrogen) atoms. The Kier molecular flexibility index (Phi) is 3.32. The quantitative estimate of drug-likeness (QED) is 0.612. The Labute approximate surface area is 80.2 Å². The van der Waals surface area contributed by atoms with E-state index < -0.39 is 0 Å². The van der Waals surface area contributed by atoms with Crippen molar-refractivity contribution in [1.82, 2.24) is 4.90 Å². The largest absolute Gasteiger partial charge is 0.378 e. The van der Waals surface area contributed by atoms with E-state index in [1.807, 2.05) is 19.1 Å². The lowest BCUT2D eigenvalue weighted by Crippen LogP contribution is -2.50. The zero-order valence-electron chi connectivity index (χ0n) is 8.42. The summed E-state index contributed by atoms with van der Waals surface area (Å²) in [6, 6.07) is 0. The van der Waals surface area contributed by atoms with Crippen LogP contribution in [0.3, 0.4) is 0 Å². The van der Waals surface area contributed by atoms with Gasteiger partial charge in [0.25, 0.3) is 0 Å². The molecule has 0 aromatic heterocycles. The van der Waals surface area contributed by atoms with E-state index in [0.717, 1.165) is 24.4 Å². The number of rotatable bonds is 4. The van der Waals surface area contributed by atoms with Crippen LogP contribution in [0.15, 0.2) is 36.6 Å². The van der Waals surface area contributed by atoms with Crippen molar-refractivity contribution in [1.29, 1.82) is 0 Å². The van der Waals surface area contributed by atoms with E-state index in [4.69, 9.17) is 4.74 Å². The smallest absolute Gasteiger partial charge is 0.0920 e. The van der Waals surface area contributed by atoms with E-state index >= 15 is 0 Å². The van der Waals surface area contributed by atoms with E-state index in [1.165, 1.54) is 0 Å². The Balaban J connectivity index is 2.31. The summed E-state index contributed by atoms with van der Waals surface area (Å²) in [5.41, 5.74) is 2.08. The van der Waals surface area contributed by atoms with Gasteiger partial charge in [0, 0.05) is 25.9 Å². The molecule has 0 radical (unpaired) electrons. The van der Waals surface area contributed by atoms with Crippen molar-refractivity contribution in [2.24, 2.45) is 0 Å². The minimum atomic E-state index is 0.384. The van der Waals surface area contributed by atoms with Crippen LogP contribution in [0.4, 0.5) is 0 Å². The SMILES string of the molecule is C=C(C)/C=C\C(=C)N1CC(OC)C1. The highest BCUT2D eigenvalue weighted by molar-refractivity contribution is 5.23. The fraction of sp³-hybridized carbons (Fsp3) is 0.455. The summed E-state index contributed by atoms with van der Waals surface area (Å²) in [6.07, 6.45) is 4.35. The first kappa shape index (κ1) is 10.1. The topological polar surface area (TPSA) is 12.5 Å². The van der Waals surface area contributed by atoms with Gasteiger partial charge in [0.1, 0.15) is 0 Å². The lowest BCUT2D eigenvalue weighted by Gasteiger charge is -2.40. The summed E-state index contributed by atoms with van der Waals surface area (Å²) in [4.78, 5) is 2.19. The van der Waals surface area contributed by atoms with Gasteiger partial charge in [-0.2, -0.15) is 0 Å². The van der Waals surface area contributed by atoms with Crippen molar-refractivity contribution in [2.45, 2.75) is 13.0 Å². The first-order valence-electron chi connectivity index (χ1n) is 4.43. The van der Waals surface area contributed by atoms with Crippen molar-refractivity contribution >= 4 is 0 Å². The van der Waals surface area contributed by atoms with Crippen LogP contribution in [0, 0.1) is 0 Å². The van der Waals surface area contributed by atoms with Crippen molar-refractivity contribution in [3.8, 4) is 0 Å². The van der Waals surface area contributed by atoms with E-state index in [9.17, 15) is 0 Å². The normalized spacial score (nSPS) is 17.5. The van der Waals surface area contributed by atoms with Crippen molar-refractivity contribution in [3.63, 3.8) is 0 Å². The van der Waals surface area contributed by atoms with Crippen LogP contribution in [-0.2, 0) is 4.74 Å². The molecule has 1 aliphatic heterocycles. The molecule has 0 spiro atoms. The average molecular weight is 179 g/mol. The summed E-state index contributed by atoms with van der Waals surface area (Å²) in [7, 11) is 1.74. The molecule has 0 bridgehead atoms. The van der Waals surface area contributed by atoms with E-state index in [1.54, 1.807) is 7.11 Å². The third-order valence-corrected chi connectivity index (χ3v) is 2.15. The number of methoxy groups -OCH3 is 1. The molecule has 0 unspecified atom stereocenters. The monoisotopic (exact) mass is 179 g/mol. The van der Waals surface area contributed by atoms with Crippen LogP contribution in [0.25, 0.3) is 0 Å². The molecule has 1 heterocycles. The molecule has 0 N–H and O–H groups in total. The molecule has 0 amide bonds. The van der Waals surface area contributed by atoms with Gasteiger partial charge >= 0.3 is 0 Å². The van der Waals surface area contributed by atoms with Crippen LogP contribution < -0.4 is 0 Å². The molecule has 0 atom stereocenters. The summed E-state index contributed by atoms with van der Waals surface area (Å²) in [5, 5.41) is 0. The zero-order chi connectivity index (χ0) is 9.84. The molecule has 0 aliphatic carbocycles. The van der Waals surface area contributed by atoms with Gasteiger partial charge in [0.2, 0.25) is 0 Å². The summed E-state index contributed by atoms with van der Waals surface area (Å²) in [6.45, 7) is 11.6. The number of ether oxygens (including phenoxy) is 1. The molecule has 0 saturated carbocycles. The predicted molar refractivity (Wildman–Crippen MR) is 55.5 cm³/mol. The molecule has 1 saturated heterocycles. The second-order valence-corrected chi connectivity index (χ2v) is 3.43. The second-order valence-electron chi connectivity index (χ2n) is 3.43. The number of hydrogen-bond acceptors (Lipinski definition) is 2. The predicted octanol–water partition coefficient (Wildman–Crippen LogP) is 1.96. The molecule has 1 fully saturated rings. The Bertz CT molecular complexity index is 236. The molecular weight excluding hydrogens is 162 g/mol. The van der Waals surface area contributed by atoms with E-state index in [0.29, 0.717) is 6.10 Å². The lowest BCUT2D eigenvalue weighted by molar-refractivity contribution is -0.00919. The summed E-state index contributed by atoms with van der Waals surface area (Å²) >= 11 is 0. The highest BCUT2D eigenvalue weighted by Gasteiger charge is 2.25. The van der Waals surface area contributed by atoms with Crippen LogP contribution >= 0.6 is 0 Å². The highest BCUT2D eigenvalue weighted by Crippen LogP contribution is 2.17. The maximum atomic E-state index is 5.17. The van der Waals surface area contributed by atoms with Crippen molar-refractivity contribution in [3.05, 3.63) is 36.6 Å². The van der Waals surface area contributed by atoms with E-state index in [-0.39, 0.29) is 0 Å². The third kappa shape index (κ3) is 2.74. The molecule has 0 aromatic rings. The van der Waals surface area contributed by atoms with E-state index in [2.05, 4.69) is 18.1 Å². The third-order valence-electron chi connectivity index (χ3n) is 2.15. The Morgan fingerprint density at radius 2 is 2.00 bits per heavy atom. The summed E-state index contributed by atoms with van der Waals surface area (Å²) in [5.74, 6) is 0. The van der Waals surface area contributed by atoms with Crippen LogP contribution in [0.5, 0.6) is 0 Å². The molecule has 0 aromatic carbocycles. The number of allylic oxidation sites excluding steroid dienone is 3. The second kappa shape index (κ2) is 4.28. The Morgan fingerprint density at radius 3 is 2.46 bits per heavy atom. The van der Waals surface area contributed by atoms with Gasteiger partial charge in [-0.3, -0.25) is 0 Å². The fourth-order valence-electron chi connectivity index (χ4n) is 1.17. The Morgan fingerprint density at radius 1 is 1.38 bits per heavy atom. The van der Waals surface area contributed by atoms with Crippen LogP contribution in [-0.4, -0.2) is 31.2 Å². The van der Waals surface area contributed by atoms with Crippen molar-refractivity contribution in [2.75, 3.05) is 20.2 Å². The Hall–Kier alpha value is -1.02. The standard InChI is InChI=1S/C11H17NO/c1-9(2)5-6-10(3)12-7-11(8-12)13-4/h5-6,11H,1,3,7-8H2,2,4H3/b6-5-. The molecule has 1 rings (SSSR count). The molecule has 1 aliphatic rings. The van der Waals surface area contributed by atoms with Crippen LogP contribution in [0.1, 0.15) is 6.92 Å². The highest BCUT2D eigenvalue weighted by atomic mass is 16.5. The van der Waals surface area contributed by atoms with Crippen LogP contribution in [0.2, 0.25) is 0 Å². The molecular formula is C11H17NO. The maximum Gasteiger partial charge on any atom is 0.0920 e. The fourth-order valence-corrected chi connectivity index (χ4v) is 1.17. The molecule has 2 nitrogen and oxygen atoms in total.